The second-order valence-corrected chi connectivity index (χ2v) is 8.23. The quantitative estimate of drug-likeness (QED) is 0.337. The van der Waals surface area contributed by atoms with Gasteiger partial charge in [0.05, 0.1) is 17.4 Å². The smallest absolute Gasteiger partial charge is 0.416 e. The van der Waals surface area contributed by atoms with Crippen molar-refractivity contribution in [2.24, 2.45) is 0 Å². The van der Waals surface area contributed by atoms with E-state index in [-0.39, 0.29) is 17.7 Å². The highest BCUT2D eigenvalue weighted by Crippen LogP contribution is 2.41. The minimum absolute atomic E-state index is 0.0654. The third-order valence-electron chi connectivity index (χ3n) is 5.98. The average molecular weight is 469 g/mol. The maximum absolute atomic E-state index is 13.9. The van der Waals surface area contributed by atoms with E-state index in [2.05, 4.69) is 15.3 Å². The number of anilines is 1. The van der Waals surface area contributed by atoms with Crippen LogP contribution in [-0.2, 0) is 6.18 Å². The minimum atomic E-state index is -4.34. The average Bonchev–Trinajstić information content (AvgIpc) is 3.17. The first-order valence-electron chi connectivity index (χ1n) is 10.6. The second kappa shape index (κ2) is 8.48. The third kappa shape index (κ3) is 4.33. The van der Waals surface area contributed by atoms with Crippen LogP contribution in [0, 0.1) is 5.82 Å². The van der Waals surface area contributed by atoms with Gasteiger partial charge in [-0.15, -0.1) is 0 Å². The van der Waals surface area contributed by atoms with Crippen molar-refractivity contribution >= 4 is 22.5 Å². The van der Waals surface area contributed by atoms with Crippen molar-refractivity contribution in [1.82, 2.24) is 9.97 Å². The molecule has 2 aromatic carbocycles. The van der Waals surface area contributed by atoms with Gasteiger partial charge in [-0.2, -0.15) is 13.2 Å². The highest BCUT2D eigenvalue weighted by atomic mass is 19.4. The van der Waals surface area contributed by atoms with Crippen LogP contribution in [-0.4, -0.2) is 22.0 Å². The summed E-state index contributed by atoms with van der Waals surface area (Å²) in [6, 6.07) is 13.2. The molecule has 0 atom stereocenters. The molecule has 0 bridgehead atoms. The largest absolute Gasteiger partial charge is 0.490 e. The number of fused-ring (bicyclic) bond motifs is 1. The van der Waals surface area contributed by atoms with Crippen LogP contribution in [0.15, 0.2) is 67.0 Å². The normalized spacial score (nSPS) is 17.9. The summed E-state index contributed by atoms with van der Waals surface area (Å²) in [6.45, 7) is 0. The lowest BCUT2D eigenvalue weighted by Gasteiger charge is -2.35. The minimum Gasteiger partial charge on any atom is -0.490 e. The Morgan fingerprint density at radius 3 is 2.56 bits per heavy atom. The van der Waals surface area contributed by atoms with Gasteiger partial charge in [-0.1, -0.05) is 12.1 Å². The molecule has 2 heterocycles. The first kappa shape index (κ1) is 21.9. The molecule has 34 heavy (non-hydrogen) atoms. The first-order chi connectivity index (χ1) is 16.3. The molecule has 0 spiro atoms. The summed E-state index contributed by atoms with van der Waals surface area (Å²) in [6.07, 6.45) is -0.0696. The summed E-state index contributed by atoms with van der Waals surface area (Å²) in [4.78, 5) is 19.3. The van der Waals surface area contributed by atoms with Gasteiger partial charge in [0, 0.05) is 23.3 Å². The molecule has 1 saturated carbocycles. The molecule has 5 nitrogen and oxygen atoms in total. The molecule has 0 aliphatic heterocycles. The number of hydrogen-bond acceptors (Lipinski definition) is 3. The number of ether oxygens (including phenoxy) is 1. The zero-order valence-electron chi connectivity index (χ0n) is 17.7. The Hall–Kier alpha value is -3.88. The summed E-state index contributed by atoms with van der Waals surface area (Å²) < 4.78 is 58.1. The third-order valence-corrected chi connectivity index (χ3v) is 5.98. The van der Waals surface area contributed by atoms with E-state index >= 15 is 0 Å². The van der Waals surface area contributed by atoms with Gasteiger partial charge in [0.25, 0.3) is 5.91 Å². The van der Waals surface area contributed by atoms with Gasteiger partial charge in [0.15, 0.2) is 11.5 Å². The Morgan fingerprint density at radius 2 is 1.85 bits per heavy atom. The van der Waals surface area contributed by atoms with E-state index in [0.29, 0.717) is 29.7 Å². The zero-order valence-corrected chi connectivity index (χ0v) is 17.7. The van der Waals surface area contributed by atoms with E-state index in [0.717, 1.165) is 23.2 Å². The molecule has 2 aromatic heterocycles. The number of hydrogen-bond donors (Lipinski definition) is 2. The lowest BCUT2D eigenvalue weighted by atomic mass is 9.77. The van der Waals surface area contributed by atoms with Crippen LogP contribution in [0.3, 0.4) is 0 Å². The van der Waals surface area contributed by atoms with E-state index in [9.17, 15) is 22.4 Å². The molecule has 0 radical (unpaired) electrons. The predicted molar refractivity (Wildman–Crippen MR) is 118 cm³/mol. The summed E-state index contributed by atoms with van der Waals surface area (Å²) in [7, 11) is 0. The van der Waals surface area contributed by atoms with Gasteiger partial charge in [-0.05, 0) is 66.8 Å². The number of nitrogens with zero attached hydrogens (tertiary/aromatic N) is 1. The Bertz CT molecular complexity index is 1340. The number of aromatic amines is 1. The number of carbonyl (C=O) groups excluding carboxylic acids is 1. The number of alkyl halides is 3. The fraction of sp³-hybridized carbons (Fsp3) is 0.200. The van der Waals surface area contributed by atoms with Crippen molar-refractivity contribution in [3.05, 3.63) is 89.6 Å². The van der Waals surface area contributed by atoms with Crippen molar-refractivity contribution in [1.29, 1.82) is 0 Å². The van der Waals surface area contributed by atoms with Gasteiger partial charge in [0.2, 0.25) is 0 Å². The van der Waals surface area contributed by atoms with Crippen LogP contribution in [0.5, 0.6) is 5.75 Å². The molecule has 5 rings (SSSR count). The second-order valence-electron chi connectivity index (χ2n) is 8.23. The number of carbonyl (C=O) groups is 1. The van der Waals surface area contributed by atoms with Crippen molar-refractivity contribution in [3.8, 4) is 5.75 Å². The Balaban J connectivity index is 1.24. The molecule has 4 aromatic rings. The van der Waals surface area contributed by atoms with E-state index in [1.54, 1.807) is 18.3 Å². The van der Waals surface area contributed by atoms with Gasteiger partial charge in [-0.25, -0.2) is 9.37 Å². The topological polar surface area (TPSA) is 67.0 Å². The molecule has 1 amide bonds. The number of rotatable bonds is 5. The fourth-order valence-electron chi connectivity index (χ4n) is 4.08. The van der Waals surface area contributed by atoms with Crippen molar-refractivity contribution in [2.45, 2.75) is 31.0 Å². The molecule has 2 N–H and O–H groups in total. The molecular weight excluding hydrogens is 450 g/mol. The zero-order chi connectivity index (χ0) is 23.9. The van der Waals surface area contributed by atoms with Crippen LogP contribution < -0.4 is 10.1 Å². The molecule has 9 heteroatoms. The van der Waals surface area contributed by atoms with E-state index in [4.69, 9.17) is 4.74 Å². The van der Waals surface area contributed by atoms with Crippen LogP contribution in [0.2, 0.25) is 0 Å². The number of aromatic nitrogens is 2. The number of amides is 1. The van der Waals surface area contributed by atoms with Crippen LogP contribution in [0.4, 0.5) is 23.2 Å². The van der Waals surface area contributed by atoms with Crippen molar-refractivity contribution in [3.63, 3.8) is 0 Å². The Labute approximate surface area is 191 Å². The SMILES string of the molecule is O=C(Nc1c[nH]c2ccc(O[C@H]3C[C@@H](c4ccc(C(F)(F)F)cc4)C3)cc12)c1ncccc1F. The monoisotopic (exact) mass is 469 g/mol. The summed E-state index contributed by atoms with van der Waals surface area (Å²) in [5, 5.41) is 3.36. The fourth-order valence-corrected chi connectivity index (χ4v) is 4.08. The number of nitrogens with one attached hydrogen (secondary N) is 2. The van der Waals surface area contributed by atoms with Crippen molar-refractivity contribution < 1.29 is 27.1 Å². The van der Waals surface area contributed by atoms with Crippen LogP contribution in [0.1, 0.15) is 40.4 Å². The number of halogens is 4. The molecule has 1 aliphatic rings. The Kier molecular flexibility index (Phi) is 5.47. The van der Waals surface area contributed by atoms with Crippen LogP contribution in [0.25, 0.3) is 10.9 Å². The summed E-state index contributed by atoms with van der Waals surface area (Å²) in [5.41, 5.74) is 1.14. The molecule has 0 unspecified atom stereocenters. The molecule has 1 aliphatic carbocycles. The van der Waals surface area contributed by atoms with E-state index in [1.165, 1.54) is 30.5 Å². The highest BCUT2D eigenvalue weighted by molar-refractivity contribution is 6.08. The molecule has 174 valence electrons. The number of pyridine rings is 1. The maximum Gasteiger partial charge on any atom is 0.416 e. The number of H-pyrrole nitrogens is 1. The van der Waals surface area contributed by atoms with Gasteiger partial charge >= 0.3 is 6.18 Å². The molecule has 0 saturated heterocycles. The van der Waals surface area contributed by atoms with E-state index in [1.807, 2.05) is 6.07 Å². The molecule has 1 fully saturated rings. The van der Waals surface area contributed by atoms with Crippen LogP contribution >= 0.6 is 0 Å². The lowest BCUT2D eigenvalue weighted by Crippen LogP contribution is -2.32. The maximum atomic E-state index is 13.9. The predicted octanol–water partition coefficient (Wildman–Crippen LogP) is 6.30. The lowest BCUT2D eigenvalue weighted by molar-refractivity contribution is -0.137. The molecular formula is C25H19F4N3O2. The van der Waals surface area contributed by atoms with Gasteiger partial charge < -0.3 is 15.0 Å². The van der Waals surface area contributed by atoms with Crippen molar-refractivity contribution in [2.75, 3.05) is 5.32 Å². The number of benzene rings is 2. The summed E-state index contributed by atoms with van der Waals surface area (Å²) in [5.74, 6) is -0.631. The van der Waals surface area contributed by atoms with E-state index < -0.39 is 23.5 Å². The first-order valence-corrected chi connectivity index (χ1v) is 10.6. The summed E-state index contributed by atoms with van der Waals surface area (Å²) >= 11 is 0. The van der Waals surface area contributed by atoms with Gasteiger partial charge in [0.1, 0.15) is 5.75 Å². The highest BCUT2D eigenvalue weighted by Gasteiger charge is 2.34. The standard InChI is InChI=1S/C25H19F4N3O2/c26-20-2-1-9-30-23(20)24(33)32-22-13-31-21-8-7-17(12-19(21)22)34-18-10-15(11-18)14-3-5-16(6-4-14)25(27,28)29/h1-9,12-13,15,18,31H,10-11H2,(H,32,33)/t15-,18+. The Morgan fingerprint density at radius 1 is 1.09 bits per heavy atom. The van der Waals surface area contributed by atoms with Gasteiger partial charge in [-0.3, -0.25) is 4.79 Å².